The molecule has 0 aromatic heterocycles. The largest absolute Gasteiger partial charge is 0.468 e. The summed E-state index contributed by atoms with van der Waals surface area (Å²) in [5.74, 6) is 0.585. The lowest BCUT2D eigenvalue weighted by Crippen LogP contribution is -2.39. The van der Waals surface area contributed by atoms with Gasteiger partial charge in [0.2, 0.25) is 0 Å². The molecule has 66 valence electrons. The van der Waals surface area contributed by atoms with Crippen LogP contribution in [0.3, 0.4) is 0 Å². The van der Waals surface area contributed by atoms with E-state index in [-0.39, 0.29) is 12.0 Å². The van der Waals surface area contributed by atoms with Crippen molar-refractivity contribution in [3.05, 3.63) is 0 Å². The van der Waals surface area contributed by atoms with Gasteiger partial charge in [-0.2, -0.15) is 11.8 Å². The molecule has 11 heavy (non-hydrogen) atoms. The van der Waals surface area contributed by atoms with Gasteiger partial charge in [-0.05, 0) is 12.8 Å². The molecule has 0 radical (unpaired) electrons. The van der Waals surface area contributed by atoms with E-state index in [1.807, 2.05) is 13.2 Å². The van der Waals surface area contributed by atoms with Crippen molar-refractivity contribution in [2.75, 3.05) is 25.7 Å². The number of methoxy groups -OCH3 is 1. The summed E-state index contributed by atoms with van der Waals surface area (Å²) in [6.07, 6.45) is 1.97. The fraction of sp³-hybridized carbons (Fsp3) is 0.857. The second-order valence-electron chi connectivity index (χ2n) is 2.09. The predicted molar refractivity (Wildman–Crippen MR) is 47.9 cm³/mol. The van der Waals surface area contributed by atoms with Gasteiger partial charge in [0.15, 0.2) is 0 Å². The van der Waals surface area contributed by atoms with Gasteiger partial charge in [0.25, 0.3) is 0 Å². The van der Waals surface area contributed by atoms with Gasteiger partial charge in [-0.3, -0.25) is 4.79 Å². The lowest BCUT2D eigenvalue weighted by Gasteiger charge is -2.13. The molecular weight excluding hydrogens is 162 g/mol. The minimum Gasteiger partial charge on any atom is -0.468 e. The number of thioether (sulfide) groups is 1. The lowest BCUT2D eigenvalue weighted by molar-refractivity contribution is -0.142. The van der Waals surface area contributed by atoms with Gasteiger partial charge in [0.05, 0.1) is 7.11 Å². The molecule has 0 saturated heterocycles. The van der Waals surface area contributed by atoms with E-state index in [1.165, 1.54) is 7.11 Å². The molecule has 3 nitrogen and oxygen atoms in total. The molecule has 4 heteroatoms. The first kappa shape index (κ1) is 10.8. The second-order valence-corrected chi connectivity index (χ2v) is 3.00. The zero-order valence-corrected chi connectivity index (χ0v) is 8.03. The maximum Gasteiger partial charge on any atom is 0.323 e. The normalized spacial score (nSPS) is 12.6. The highest BCUT2D eigenvalue weighted by Gasteiger charge is 2.15. The molecule has 1 unspecified atom stereocenters. The average Bonchev–Trinajstić information content (AvgIpc) is 2.03. The van der Waals surface area contributed by atoms with Crippen molar-refractivity contribution in [3.63, 3.8) is 0 Å². The monoisotopic (exact) mass is 177 g/mol. The van der Waals surface area contributed by atoms with Crippen molar-refractivity contribution in [2.24, 2.45) is 0 Å². The van der Waals surface area contributed by atoms with Crippen LogP contribution in [0.2, 0.25) is 0 Å². The van der Waals surface area contributed by atoms with Gasteiger partial charge in [-0.1, -0.05) is 6.92 Å². The summed E-state index contributed by atoms with van der Waals surface area (Å²) in [4.78, 5) is 11.0. The van der Waals surface area contributed by atoms with Crippen molar-refractivity contribution in [1.29, 1.82) is 0 Å². The molecule has 1 N–H and O–H groups in total. The third kappa shape index (κ3) is 4.27. The molecule has 0 aliphatic rings. The van der Waals surface area contributed by atoms with Gasteiger partial charge < -0.3 is 10.1 Å². The van der Waals surface area contributed by atoms with Crippen molar-refractivity contribution in [1.82, 2.24) is 5.32 Å². The lowest BCUT2D eigenvalue weighted by atomic mass is 10.3. The maximum absolute atomic E-state index is 11.0. The number of carbonyl (C=O) groups excluding carboxylic acids is 1. The molecule has 0 fully saturated rings. The van der Waals surface area contributed by atoms with E-state index < -0.39 is 0 Å². The Kier molecular flexibility index (Phi) is 6.36. The number of hydrogen-bond acceptors (Lipinski definition) is 4. The first-order valence-electron chi connectivity index (χ1n) is 3.56. The summed E-state index contributed by atoms with van der Waals surface area (Å²) in [5.41, 5.74) is 0. The van der Waals surface area contributed by atoms with E-state index >= 15 is 0 Å². The Balaban J connectivity index is 3.76. The first-order chi connectivity index (χ1) is 5.26. The second kappa shape index (κ2) is 6.49. The van der Waals surface area contributed by atoms with E-state index in [4.69, 9.17) is 0 Å². The molecule has 0 aliphatic carbocycles. The summed E-state index contributed by atoms with van der Waals surface area (Å²) in [6, 6.07) is -0.153. The van der Waals surface area contributed by atoms with Crippen molar-refractivity contribution in [2.45, 2.75) is 13.0 Å². The smallest absolute Gasteiger partial charge is 0.323 e. The quantitative estimate of drug-likeness (QED) is 0.621. The van der Waals surface area contributed by atoms with Gasteiger partial charge in [0, 0.05) is 5.75 Å². The number of esters is 1. The fourth-order valence-electron chi connectivity index (χ4n) is 0.766. The summed E-state index contributed by atoms with van der Waals surface area (Å²) >= 11 is 1.63. The molecule has 0 aromatic carbocycles. The molecule has 0 saturated carbocycles. The Morgan fingerprint density at radius 1 is 1.73 bits per heavy atom. The third-order valence-corrected chi connectivity index (χ3v) is 1.94. The molecule has 0 heterocycles. The molecule has 0 aliphatic heterocycles. The molecule has 0 bridgehead atoms. The zero-order chi connectivity index (χ0) is 8.69. The standard InChI is InChI=1S/C7H15NO2S/c1-4-8-6(5-11-3)7(9)10-2/h6,8H,4-5H2,1-3H3. The summed E-state index contributed by atoms with van der Waals surface area (Å²) in [7, 11) is 1.41. The van der Waals surface area contributed by atoms with Crippen molar-refractivity contribution >= 4 is 17.7 Å². The van der Waals surface area contributed by atoms with Crippen molar-refractivity contribution < 1.29 is 9.53 Å². The van der Waals surface area contributed by atoms with Crippen LogP contribution in [0.25, 0.3) is 0 Å². The minimum absolute atomic E-state index is 0.153. The maximum atomic E-state index is 11.0. The van der Waals surface area contributed by atoms with Crippen LogP contribution in [-0.4, -0.2) is 37.7 Å². The number of carbonyl (C=O) groups is 1. The van der Waals surface area contributed by atoms with Crippen LogP contribution in [0, 0.1) is 0 Å². The molecule has 0 rings (SSSR count). The first-order valence-corrected chi connectivity index (χ1v) is 4.95. The van der Waals surface area contributed by atoms with E-state index in [0.717, 1.165) is 12.3 Å². The highest BCUT2D eigenvalue weighted by molar-refractivity contribution is 7.98. The number of rotatable bonds is 5. The van der Waals surface area contributed by atoms with Crippen LogP contribution in [0.1, 0.15) is 6.92 Å². The number of likely N-dealkylation sites (N-methyl/N-ethyl adjacent to an activating group) is 1. The van der Waals surface area contributed by atoms with E-state index in [1.54, 1.807) is 11.8 Å². The van der Waals surface area contributed by atoms with E-state index in [2.05, 4.69) is 10.1 Å². The van der Waals surface area contributed by atoms with E-state index in [9.17, 15) is 4.79 Å². The van der Waals surface area contributed by atoms with Crippen molar-refractivity contribution in [3.8, 4) is 0 Å². The molecule has 0 amide bonds. The van der Waals surface area contributed by atoms with Crippen LogP contribution < -0.4 is 5.32 Å². The SMILES string of the molecule is CCNC(CSC)C(=O)OC. The summed E-state index contributed by atoms with van der Waals surface area (Å²) in [5, 5.41) is 3.04. The summed E-state index contributed by atoms with van der Waals surface area (Å²) in [6.45, 7) is 2.76. The zero-order valence-electron chi connectivity index (χ0n) is 7.22. The highest BCUT2D eigenvalue weighted by Crippen LogP contribution is 1.98. The molecule has 0 aromatic rings. The van der Waals surface area contributed by atoms with E-state index in [0.29, 0.717) is 0 Å². The van der Waals surface area contributed by atoms with Crippen LogP contribution >= 0.6 is 11.8 Å². The molecule has 0 spiro atoms. The van der Waals surface area contributed by atoms with Crippen LogP contribution in [0.5, 0.6) is 0 Å². The Morgan fingerprint density at radius 3 is 2.73 bits per heavy atom. The summed E-state index contributed by atoms with van der Waals surface area (Å²) < 4.78 is 4.60. The Hall–Kier alpha value is -0.220. The number of hydrogen-bond donors (Lipinski definition) is 1. The van der Waals surface area contributed by atoms with Gasteiger partial charge in [-0.15, -0.1) is 0 Å². The average molecular weight is 177 g/mol. The topological polar surface area (TPSA) is 38.3 Å². The van der Waals surface area contributed by atoms with Crippen LogP contribution in [-0.2, 0) is 9.53 Å². The van der Waals surface area contributed by atoms with Gasteiger partial charge >= 0.3 is 5.97 Å². The number of nitrogens with one attached hydrogen (secondary N) is 1. The van der Waals surface area contributed by atoms with Crippen LogP contribution in [0.4, 0.5) is 0 Å². The van der Waals surface area contributed by atoms with Gasteiger partial charge in [0.1, 0.15) is 6.04 Å². The molecular formula is C7H15NO2S. The highest BCUT2D eigenvalue weighted by atomic mass is 32.2. The third-order valence-electron chi connectivity index (χ3n) is 1.27. The van der Waals surface area contributed by atoms with Gasteiger partial charge in [-0.25, -0.2) is 0 Å². The Morgan fingerprint density at radius 2 is 2.36 bits per heavy atom. The Bertz CT molecular complexity index is 113. The molecule has 1 atom stereocenters. The predicted octanol–water partition coefficient (Wildman–Crippen LogP) is 0.500. The van der Waals surface area contributed by atoms with Crippen LogP contribution in [0.15, 0.2) is 0 Å². The Labute approximate surface area is 71.9 Å². The fourth-order valence-corrected chi connectivity index (χ4v) is 1.35. The minimum atomic E-state index is -0.179. The number of ether oxygens (including phenoxy) is 1.